The molecule has 0 unspecified atom stereocenters. The van der Waals surface area contributed by atoms with Gasteiger partial charge in [0.25, 0.3) is 0 Å². The molecule has 0 heterocycles. The average Bonchev–Trinajstić information content (AvgIpc) is 2.33. The maximum absolute atomic E-state index is 13.2. The molecule has 92 valence electrons. The molecule has 0 amide bonds. The average molecular weight is 269 g/mol. The molecule has 2 aromatic carbocycles. The highest BCUT2D eigenvalue weighted by Gasteiger charge is 2.13. The third-order valence-electron chi connectivity index (χ3n) is 2.44. The van der Waals surface area contributed by atoms with Crippen molar-refractivity contribution in [3.05, 3.63) is 58.6 Å². The predicted octanol–water partition coefficient (Wildman–Crippen LogP) is 3.98. The molecule has 0 saturated carbocycles. The number of hydrogen-bond acceptors (Lipinski definition) is 1. The van der Waals surface area contributed by atoms with E-state index in [2.05, 4.69) is 0 Å². The SMILES string of the molecule is O=C(O)c1cc(-c2cc(F)ccc2Cl)ccc1F. The Kier molecular flexibility index (Phi) is 3.30. The van der Waals surface area contributed by atoms with E-state index in [1.807, 2.05) is 0 Å². The van der Waals surface area contributed by atoms with Crippen LogP contribution in [0.5, 0.6) is 0 Å². The normalized spacial score (nSPS) is 10.4. The molecule has 0 aliphatic rings. The van der Waals surface area contributed by atoms with E-state index in [-0.39, 0.29) is 5.02 Å². The van der Waals surface area contributed by atoms with Crippen molar-refractivity contribution in [1.29, 1.82) is 0 Å². The van der Waals surface area contributed by atoms with Gasteiger partial charge >= 0.3 is 5.97 Å². The predicted molar refractivity (Wildman–Crippen MR) is 63.8 cm³/mol. The summed E-state index contributed by atoms with van der Waals surface area (Å²) < 4.78 is 26.4. The third-order valence-corrected chi connectivity index (χ3v) is 2.77. The van der Waals surface area contributed by atoms with Gasteiger partial charge in [-0.1, -0.05) is 17.7 Å². The van der Waals surface area contributed by atoms with Crippen LogP contribution in [0.1, 0.15) is 10.4 Å². The Morgan fingerprint density at radius 2 is 1.83 bits per heavy atom. The first-order chi connectivity index (χ1) is 8.49. The molecule has 0 bridgehead atoms. The van der Waals surface area contributed by atoms with Crippen LogP contribution < -0.4 is 0 Å². The number of rotatable bonds is 2. The summed E-state index contributed by atoms with van der Waals surface area (Å²) in [6, 6.07) is 7.20. The number of carboxylic acid groups (broad SMARTS) is 1. The van der Waals surface area contributed by atoms with Crippen LogP contribution in [0, 0.1) is 11.6 Å². The standard InChI is InChI=1S/C13H7ClF2O2/c14-11-3-2-8(15)6-9(11)7-1-4-12(16)10(5-7)13(17)18/h1-6H,(H,17,18). The summed E-state index contributed by atoms with van der Waals surface area (Å²) in [6.45, 7) is 0. The monoisotopic (exact) mass is 268 g/mol. The Balaban J connectivity index is 2.61. The van der Waals surface area contributed by atoms with E-state index in [1.54, 1.807) is 0 Å². The van der Waals surface area contributed by atoms with Crippen molar-refractivity contribution in [2.75, 3.05) is 0 Å². The molecule has 0 spiro atoms. The van der Waals surface area contributed by atoms with Crippen LogP contribution in [0.3, 0.4) is 0 Å². The second-order valence-electron chi connectivity index (χ2n) is 3.62. The lowest BCUT2D eigenvalue weighted by molar-refractivity contribution is 0.0692. The molecule has 0 aromatic heterocycles. The lowest BCUT2D eigenvalue weighted by Crippen LogP contribution is -2.00. The first-order valence-electron chi connectivity index (χ1n) is 4.97. The second kappa shape index (κ2) is 4.74. The summed E-state index contributed by atoms with van der Waals surface area (Å²) in [5, 5.41) is 9.08. The fraction of sp³-hybridized carbons (Fsp3) is 0. The quantitative estimate of drug-likeness (QED) is 0.894. The number of carbonyl (C=O) groups is 1. The molecular weight excluding hydrogens is 262 g/mol. The molecule has 18 heavy (non-hydrogen) atoms. The third kappa shape index (κ3) is 2.33. The molecule has 0 aliphatic heterocycles. The van der Waals surface area contributed by atoms with E-state index in [0.29, 0.717) is 11.1 Å². The van der Waals surface area contributed by atoms with E-state index in [4.69, 9.17) is 16.7 Å². The molecule has 0 fully saturated rings. The van der Waals surface area contributed by atoms with E-state index < -0.39 is 23.2 Å². The van der Waals surface area contributed by atoms with E-state index in [0.717, 1.165) is 12.1 Å². The Morgan fingerprint density at radius 1 is 1.11 bits per heavy atom. The van der Waals surface area contributed by atoms with Gasteiger partial charge in [0.15, 0.2) is 0 Å². The lowest BCUT2D eigenvalue weighted by atomic mass is 10.0. The summed E-state index contributed by atoms with van der Waals surface area (Å²) in [6.07, 6.45) is 0. The van der Waals surface area contributed by atoms with E-state index in [1.165, 1.54) is 24.3 Å². The number of hydrogen-bond donors (Lipinski definition) is 1. The maximum Gasteiger partial charge on any atom is 0.338 e. The van der Waals surface area contributed by atoms with Gasteiger partial charge in [-0.25, -0.2) is 13.6 Å². The number of carboxylic acids is 1. The van der Waals surface area contributed by atoms with Gasteiger partial charge < -0.3 is 5.11 Å². The summed E-state index contributed by atoms with van der Waals surface area (Å²) in [4.78, 5) is 10.8. The fourth-order valence-electron chi connectivity index (χ4n) is 1.58. The maximum atomic E-state index is 13.2. The minimum absolute atomic E-state index is 0.263. The first kappa shape index (κ1) is 12.5. The van der Waals surface area contributed by atoms with Gasteiger partial charge in [0.1, 0.15) is 11.6 Å². The Morgan fingerprint density at radius 3 is 2.50 bits per heavy atom. The van der Waals surface area contributed by atoms with Gasteiger partial charge in [-0.2, -0.15) is 0 Å². The molecule has 0 radical (unpaired) electrons. The zero-order valence-electron chi connectivity index (χ0n) is 8.95. The molecule has 5 heteroatoms. The molecule has 2 aromatic rings. The van der Waals surface area contributed by atoms with Gasteiger partial charge in [-0.05, 0) is 35.9 Å². The first-order valence-corrected chi connectivity index (χ1v) is 5.35. The molecule has 0 atom stereocenters. The highest BCUT2D eigenvalue weighted by Crippen LogP contribution is 2.29. The van der Waals surface area contributed by atoms with Crippen molar-refractivity contribution in [1.82, 2.24) is 0 Å². The lowest BCUT2D eigenvalue weighted by Gasteiger charge is -2.06. The molecule has 2 rings (SSSR count). The van der Waals surface area contributed by atoms with Crippen molar-refractivity contribution < 1.29 is 18.7 Å². The summed E-state index contributed by atoms with van der Waals surface area (Å²) in [5.41, 5.74) is 0.185. The van der Waals surface area contributed by atoms with Crippen molar-refractivity contribution in [2.24, 2.45) is 0 Å². The zero-order chi connectivity index (χ0) is 13.3. The fourth-order valence-corrected chi connectivity index (χ4v) is 1.80. The van der Waals surface area contributed by atoms with Crippen LogP contribution in [-0.2, 0) is 0 Å². The van der Waals surface area contributed by atoms with Gasteiger partial charge in [-0.3, -0.25) is 0 Å². The largest absolute Gasteiger partial charge is 0.478 e. The minimum atomic E-state index is -1.39. The van der Waals surface area contributed by atoms with Crippen LogP contribution in [0.4, 0.5) is 8.78 Å². The van der Waals surface area contributed by atoms with Crippen molar-refractivity contribution in [3.8, 4) is 11.1 Å². The van der Waals surface area contributed by atoms with Gasteiger partial charge in [-0.15, -0.1) is 0 Å². The van der Waals surface area contributed by atoms with E-state index in [9.17, 15) is 13.6 Å². The van der Waals surface area contributed by atoms with Crippen LogP contribution in [0.2, 0.25) is 5.02 Å². The smallest absolute Gasteiger partial charge is 0.338 e. The Hall–Kier alpha value is -1.94. The number of benzene rings is 2. The van der Waals surface area contributed by atoms with Crippen molar-refractivity contribution in [3.63, 3.8) is 0 Å². The highest BCUT2D eigenvalue weighted by atomic mass is 35.5. The molecule has 0 aliphatic carbocycles. The summed E-state index contributed by atoms with van der Waals surface area (Å²) >= 11 is 5.89. The Labute approximate surface area is 106 Å². The van der Waals surface area contributed by atoms with Gasteiger partial charge in [0.2, 0.25) is 0 Å². The molecule has 1 N–H and O–H groups in total. The van der Waals surface area contributed by atoms with Crippen molar-refractivity contribution >= 4 is 17.6 Å². The topological polar surface area (TPSA) is 37.3 Å². The van der Waals surface area contributed by atoms with Crippen molar-refractivity contribution in [2.45, 2.75) is 0 Å². The molecule has 0 saturated heterocycles. The number of halogens is 3. The molecule has 2 nitrogen and oxygen atoms in total. The zero-order valence-corrected chi connectivity index (χ0v) is 9.71. The highest BCUT2D eigenvalue weighted by molar-refractivity contribution is 6.33. The van der Waals surface area contributed by atoms with Crippen LogP contribution in [-0.4, -0.2) is 11.1 Å². The minimum Gasteiger partial charge on any atom is -0.478 e. The van der Waals surface area contributed by atoms with E-state index >= 15 is 0 Å². The van der Waals surface area contributed by atoms with Crippen LogP contribution >= 0.6 is 11.6 Å². The second-order valence-corrected chi connectivity index (χ2v) is 4.03. The molecular formula is C13H7ClF2O2. The number of aromatic carboxylic acids is 1. The summed E-state index contributed by atoms with van der Waals surface area (Å²) in [7, 11) is 0. The van der Waals surface area contributed by atoms with Crippen LogP contribution in [0.15, 0.2) is 36.4 Å². The van der Waals surface area contributed by atoms with Crippen LogP contribution in [0.25, 0.3) is 11.1 Å². The summed E-state index contributed by atoms with van der Waals surface area (Å²) in [5.74, 6) is -2.74. The Bertz CT molecular complexity index is 626. The van der Waals surface area contributed by atoms with Gasteiger partial charge in [0, 0.05) is 10.6 Å². The van der Waals surface area contributed by atoms with Gasteiger partial charge in [0.05, 0.1) is 5.56 Å².